The maximum absolute atomic E-state index is 14.9. The van der Waals surface area contributed by atoms with Crippen molar-refractivity contribution in [3.8, 4) is 11.1 Å². The summed E-state index contributed by atoms with van der Waals surface area (Å²) in [6, 6.07) is 12.4. The van der Waals surface area contributed by atoms with E-state index < -0.39 is 11.9 Å². The second kappa shape index (κ2) is 10.5. The van der Waals surface area contributed by atoms with Crippen molar-refractivity contribution >= 4 is 18.5 Å². The van der Waals surface area contributed by atoms with Crippen molar-refractivity contribution in [3.63, 3.8) is 0 Å². The predicted octanol–water partition coefficient (Wildman–Crippen LogP) is 2.99. The molecule has 1 aliphatic rings. The van der Waals surface area contributed by atoms with Gasteiger partial charge in [0.15, 0.2) is 0 Å². The molecule has 1 amide bonds. The van der Waals surface area contributed by atoms with Gasteiger partial charge in [-0.15, -0.1) is 0 Å². The Morgan fingerprint density at radius 3 is 2.85 bits per heavy atom. The highest BCUT2D eigenvalue weighted by atomic mass is 19.1. The first-order chi connectivity index (χ1) is 16.1. The number of benzene rings is 2. The van der Waals surface area contributed by atoms with Gasteiger partial charge < -0.3 is 15.4 Å². The van der Waals surface area contributed by atoms with Gasteiger partial charge in [-0.2, -0.15) is 15.4 Å². The zero-order valence-electron chi connectivity index (χ0n) is 17.9. The summed E-state index contributed by atoms with van der Waals surface area (Å²) in [4.78, 5) is 17.2. The maximum atomic E-state index is 14.9. The lowest BCUT2D eigenvalue weighted by Gasteiger charge is -2.14. The van der Waals surface area contributed by atoms with E-state index in [0.717, 1.165) is 16.8 Å². The van der Waals surface area contributed by atoms with Crippen LogP contribution in [0, 0.1) is 5.82 Å². The Labute approximate surface area is 190 Å². The minimum absolute atomic E-state index is 0.329. The van der Waals surface area contributed by atoms with Gasteiger partial charge in [-0.1, -0.05) is 24.3 Å². The van der Waals surface area contributed by atoms with Gasteiger partial charge in [-0.3, -0.25) is 9.89 Å². The van der Waals surface area contributed by atoms with Crippen LogP contribution in [0.15, 0.2) is 66.1 Å². The largest absolute Gasteiger partial charge is 0.442 e. The van der Waals surface area contributed by atoms with Gasteiger partial charge >= 0.3 is 6.09 Å². The molecule has 0 bridgehead atoms. The molecule has 3 N–H and O–H groups in total. The van der Waals surface area contributed by atoms with Gasteiger partial charge in [0.1, 0.15) is 11.9 Å². The second-order valence-electron chi connectivity index (χ2n) is 7.45. The third-order valence-corrected chi connectivity index (χ3v) is 5.15. The first-order valence-electron chi connectivity index (χ1n) is 10.4. The van der Waals surface area contributed by atoms with E-state index in [9.17, 15) is 9.18 Å². The topological polar surface area (TPSA) is 108 Å². The molecule has 3 aromatic rings. The number of halogens is 1. The number of cyclic esters (lactones) is 1. The number of carbonyl (C=O) groups is 1. The SMILES string of the molecule is C=N/C=C\NCC1CN(c2ccc(-c3ccc(CNCc4cn[nH]n4)cc3)c(F)c2)C(=O)O1. The van der Waals surface area contributed by atoms with Crippen molar-refractivity contribution in [1.82, 2.24) is 26.0 Å². The average molecular weight is 449 g/mol. The minimum Gasteiger partial charge on any atom is -0.442 e. The number of anilines is 1. The molecule has 1 atom stereocenters. The van der Waals surface area contributed by atoms with Crippen LogP contribution in [0.3, 0.4) is 0 Å². The van der Waals surface area contributed by atoms with Crippen LogP contribution in [0.25, 0.3) is 11.1 Å². The lowest BCUT2D eigenvalue weighted by molar-refractivity contribution is 0.142. The van der Waals surface area contributed by atoms with Crippen molar-refractivity contribution in [2.75, 3.05) is 18.0 Å². The molecule has 0 spiro atoms. The van der Waals surface area contributed by atoms with Gasteiger partial charge in [0.2, 0.25) is 0 Å². The average Bonchev–Trinajstić information content (AvgIpc) is 3.47. The fraction of sp³-hybridized carbons (Fsp3) is 0.217. The van der Waals surface area contributed by atoms with Crippen LogP contribution in [-0.2, 0) is 17.8 Å². The molecular weight excluding hydrogens is 425 g/mol. The number of aromatic nitrogens is 3. The van der Waals surface area contributed by atoms with Crippen molar-refractivity contribution in [1.29, 1.82) is 0 Å². The number of nitrogens with one attached hydrogen (secondary N) is 3. The third kappa shape index (κ3) is 5.60. The zero-order valence-corrected chi connectivity index (χ0v) is 17.9. The Balaban J connectivity index is 1.36. The Morgan fingerprint density at radius 2 is 2.12 bits per heavy atom. The third-order valence-electron chi connectivity index (χ3n) is 5.15. The highest BCUT2D eigenvalue weighted by Gasteiger charge is 2.32. The quantitative estimate of drug-likeness (QED) is 0.411. The number of nitrogens with zero attached hydrogens (tertiary/aromatic N) is 4. The molecule has 1 unspecified atom stereocenters. The summed E-state index contributed by atoms with van der Waals surface area (Å²) in [6.45, 7) is 5.36. The number of carbonyl (C=O) groups excluding carboxylic acids is 1. The lowest BCUT2D eigenvalue weighted by atomic mass is 10.0. The summed E-state index contributed by atoms with van der Waals surface area (Å²) >= 11 is 0. The number of H-pyrrole nitrogens is 1. The van der Waals surface area contributed by atoms with Crippen LogP contribution in [0.5, 0.6) is 0 Å². The van der Waals surface area contributed by atoms with Gasteiger partial charge in [-0.25, -0.2) is 9.18 Å². The van der Waals surface area contributed by atoms with E-state index in [-0.39, 0.29) is 6.10 Å². The molecule has 0 aliphatic carbocycles. The molecule has 1 fully saturated rings. The van der Waals surface area contributed by atoms with Crippen molar-refractivity contribution in [3.05, 3.63) is 78.1 Å². The summed E-state index contributed by atoms with van der Waals surface area (Å²) in [7, 11) is 0. The Morgan fingerprint density at radius 1 is 1.27 bits per heavy atom. The highest BCUT2D eigenvalue weighted by Crippen LogP contribution is 2.29. The molecule has 33 heavy (non-hydrogen) atoms. The first kappa shape index (κ1) is 22.2. The van der Waals surface area contributed by atoms with Gasteiger partial charge in [0, 0.05) is 31.1 Å². The van der Waals surface area contributed by atoms with Crippen molar-refractivity contribution in [2.45, 2.75) is 19.2 Å². The summed E-state index contributed by atoms with van der Waals surface area (Å²) in [6.07, 6.45) is 3.95. The Kier molecular flexibility index (Phi) is 7.06. The standard InChI is InChI=1S/C23H24FN7O2/c1-25-8-9-26-14-20-15-31(23(32)33-20)19-6-7-21(22(24)10-19)17-4-2-16(3-5-17)11-27-12-18-13-28-30-29-18/h2-10,13,20,26-27H,1,11-12,14-15H2,(H,28,29,30)/b9-8-. The molecule has 1 saturated heterocycles. The van der Waals surface area contributed by atoms with Crippen LogP contribution in [-0.4, -0.2) is 47.4 Å². The number of aromatic amines is 1. The molecule has 10 heteroatoms. The fourth-order valence-corrected chi connectivity index (χ4v) is 3.50. The summed E-state index contributed by atoms with van der Waals surface area (Å²) in [5.41, 5.74) is 3.58. The van der Waals surface area contributed by atoms with Gasteiger partial charge in [-0.05, 0) is 36.0 Å². The van der Waals surface area contributed by atoms with E-state index in [1.54, 1.807) is 24.5 Å². The van der Waals surface area contributed by atoms with Crippen molar-refractivity contribution < 1.29 is 13.9 Å². The van der Waals surface area contributed by atoms with E-state index in [1.165, 1.54) is 17.2 Å². The number of hydrogen-bond acceptors (Lipinski definition) is 7. The molecule has 1 aromatic heterocycles. The number of ether oxygens (including phenoxy) is 1. The van der Waals surface area contributed by atoms with Crippen LogP contribution in [0.4, 0.5) is 14.9 Å². The zero-order chi connectivity index (χ0) is 23.0. The number of rotatable bonds is 10. The number of hydrogen-bond donors (Lipinski definition) is 3. The Hall–Kier alpha value is -4.05. The summed E-state index contributed by atoms with van der Waals surface area (Å²) in [5.74, 6) is -0.404. The van der Waals surface area contributed by atoms with E-state index in [4.69, 9.17) is 4.74 Å². The Bertz CT molecular complexity index is 1120. The second-order valence-corrected chi connectivity index (χ2v) is 7.45. The molecule has 0 saturated carbocycles. The van der Waals surface area contributed by atoms with Crippen LogP contribution >= 0.6 is 0 Å². The molecule has 170 valence electrons. The molecule has 9 nitrogen and oxygen atoms in total. The molecule has 1 aliphatic heterocycles. The molecular formula is C23H24FN7O2. The maximum Gasteiger partial charge on any atom is 0.414 e. The smallest absolute Gasteiger partial charge is 0.414 e. The molecule has 0 radical (unpaired) electrons. The van der Waals surface area contributed by atoms with E-state index in [0.29, 0.717) is 37.4 Å². The summed E-state index contributed by atoms with van der Waals surface area (Å²) < 4.78 is 20.3. The normalized spacial score (nSPS) is 15.7. The van der Waals surface area contributed by atoms with E-state index in [1.807, 2.05) is 24.3 Å². The molecule has 2 aromatic carbocycles. The minimum atomic E-state index is -0.498. The van der Waals surface area contributed by atoms with Crippen LogP contribution < -0.4 is 15.5 Å². The number of amides is 1. The van der Waals surface area contributed by atoms with E-state index in [2.05, 4.69) is 37.8 Å². The predicted molar refractivity (Wildman–Crippen MR) is 123 cm³/mol. The van der Waals surface area contributed by atoms with E-state index >= 15 is 0 Å². The van der Waals surface area contributed by atoms with Gasteiger partial charge in [0.05, 0.1) is 30.7 Å². The molecule has 4 rings (SSSR count). The lowest BCUT2D eigenvalue weighted by Crippen LogP contribution is -2.28. The highest BCUT2D eigenvalue weighted by molar-refractivity contribution is 5.90. The monoisotopic (exact) mass is 449 g/mol. The first-order valence-corrected chi connectivity index (χ1v) is 10.4. The fourth-order valence-electron chi connectivity index (χ4n) is 3.50. The van der Waals surface area contributed by atoms with Crippen molar-refractivity contribution in [2.24, 2.45) is 4.99 Å². The summed E-state index contributed by atoms with van der Waals surface area (Å²) in [5, 5.41) is 16.6. The van der Waals surface area contributed by atoms with Crippen LogP contribution in [0.2, 0.25) is 0 Å². The molecule has 2 heterocycles. The van der Waals surface area contributed by atoms with Crippen LogP contribution in [0.1, 0.15) is 11.3 Å². The van der Waals surface area contributed by atoms with Gasteiger partial charge in [0.25, 0.3) is 0 Å². The number of aliphatic imine (C=N–C) groups is 1.